The van der Waals surface area contributed by atoms with Gasteiger partial charge < -0.3 is 0 Å². The van der Waals surface area contributed by atoms with Gasteiger partial charge in [0, 0.05) is 52.5 Å². The first kappa shape index (κ1) is 49.5. The quantitative estimate of drug-likeness (QED) is 0.0600. The fourth-order valence-electron chi connectivity index (χ4n) is 10.1. The number of rotatable bonds is 13. The van der Waals surface area contributed by atoms with E-state index in [9.17, 15) is 40.5 Å². The molecule has 0 bridgehead atoms. The first-order chi connectivity index (χ1) is 36.8. The summed E-state index contributed by atoms with van der Waals surface area (Å²) in [5, 5.41) is 58.3. The third-order valence-corrected chi connectivity index (χ3v) is 13.8. The fraction of sp³-hybridized carbons (Fsp3) is 0.0517. The number of halogens is 1. The maximum Gasteiger partial charge on any atom is 0.348 e. The second-order valence-corrected chi connectivity index (χ2v) is 18.3. The number of pyridine rings is 1. The Morgan fingerprint density at radius 2 is 0.711 bits per heavy atom. The van der Waals surface area contributed by atoms with Gasteiger partial charge in [0.2, 0.25) is 0 Å². The molecule has 11 rings (SSSR count). The van der Waals surface area contributed by atoms with Crippen LogP contribution in [0.15, 0.2) is 229 Å². The van der Waals surface area contributed by atoms with Gasteiger partial charge in [-0.15, -0.1) is 0 Å². The van der Waals surface area contributed by atoms with E-state index >= 15 is 0 Å². The minimum Gasteiger partial charge on any atom is -0.262 e. The number of hydrogen-bond acceptors (Lipinski definition) is 11. The first-order valence-electron chi connectivity index (χ1n) is 23.5. The zero-order valence-electron chi connectivity index (χ0n) is 40.0. The second kappa shape index (κ2) is 20.4. The van der Waals surface area contributed by atoms with Crippen LogP contribution in [0.3, 0.4) is 0 Å². The number of nitro benzene ring substituents is 4. The van der Waals surface area contributed by atoms with Crippen LogP contribution in [0.4, 0.5) is 22.7 Å². The Hall–Kier alpha value is -10.1. The van der Waals surface area contributed by atoms with Crippen molar-refractivity contribution in [2.75, 3.05) is 0 Å². The molecule has 372 valence electrons. The third-order valence-electron chi connectivity index (χ3n) is 13.2. The van der Waals surface area contributed by atoms with Gasteiger partial charge in [-0.3, -0.25) is 45.4 Å². The molecule has 0 aliphatic heterocycles. The molecule has 76 heavy (non-hydrogen) atoms. The largest absolute Gasteiger partial charge is 0.348 e. The first-order valence-corrected chi connectivity index (χ1v) is 24.3. The van der Waals surface area contributed by atoms with Gasteiger partial charge in [0.1, 0.15) is 21.4 Å². The molecule has 0 aliphatic rings. The molecule has 0 fully saturated rings. The molecule has 0 unspecified atom stereocenters. The Bertz CT molecular complexity index is 3790. The molecule has 11 aromatic rings. The molecule has 0 saturated heterocycles. The average molecular weight is 1070 g/mol. The molecule has 0 saturated carbocycles. The van der Waals surface area contributed by atoms with Crippen molar-refractivity contribution in [1.82, 2.24) is 24.5 Å². The normalized spacial score (nSPS) is 11.4. The van der Waals surface area contributed by atoms with E-state index < -0.39 is 53.5 Å². The van der Waals surface area contributed by atoms with Gasteiger partial charge in [-0.25, -0.2) is 9.36 Å². The number of benzene rings is 8. The van der Waals surface area contributed by atoms with Crippen molar-refractivity contribution in [3.05, 3.63) is 309 Å². The molecule has 8 aromatic carbocycles. The monoisotopic (exact) mass is 1070 g/mol. The topological polar surface area (TPSA) is 221 Å². The molecule has 0 N–H and O–H groups in total. The highest BCUT2D eigenvalue weighted by Crippen LogP contribution is 2.48. The van der Waals surface area contributed by atoms with E-state index in [2.05, 4.69) is 20.9 Å². The fourth-order valence-corrected chi connectivity index (χ4v) is 10.5. The second-order valence-electron chi connectivity index (χ2n) is 17.5. The number of fused-ring (bicyclic) bond motifs is 2. The van der Waals surface area contributed by atoms with Gasteiger partial charge in [0.05, 0.1) is 30.7 Å². The summed E-state index contributed by atoms with van der Waals surface area (Å²) >= 11 is 3.45. The Morgan fingerprint density at radius 1 is 0.408 bits per heavy atom. The highest BCUT2D eigenvalue weighted by Gasteiger charge is 2.44. The maximum atomic E-state index is 12.1. The molecule has 3 aromatic heterocycles. The van der Waals surface area contributed by atoms with Crippen LogP contribution in [0.25, 0.3) is 33.1 Å². The molecule has 0 atom stereocenters. The van der Waals surface area contributed by atoms with Crippen molar-refractivity contribution in [2.45, 2.75) is 18.0 Å². The van der Waals surface area contributed by atoms with Crippen LogP contribution in [-0.2, 0) is 11.1 Å². The van der Waals surface area contributed by atoms with Gasteiger partial charge in [0.15, 0.2) is 0 Å². The van der Waals surface area contributed by atoms with Crippen molar-refractivity contribution in [1.29, 1.82) is 0 Å². The zero-order chi connectivity index (χ0) is 53.1. The van der Waals surface area contributed by atoms with Gasteiger partial charge >= 0.3 is 22.7 Å². The van der Waals surface area contributed by atoms with Gasteiger partial charge in [-0.2, -0.15) is 10.2 Å². The molecule has 0 radical (unpaired) electrons. The summed E-state index contributed by atoms with van der Waals surface area (Å²) < 4.78 is 3.82. The highest BCUT2D eigenvalue weighted by atomic mass is 79.9. The Kier molecular flexibility index (Phi) is 13.3. The maximum absolute atomic E-state index is 12.1. The van der Waals surface area contributed by atoms with E-state index in [0.717, 1.165) is 39.1 Å². The highest BCUT2D eigenvalue weighted by molar-refractivity contribution is 9.10. The van der Waals surface area contributed by atoms with Crippen LogP contribution >= 0.6 is 15.9 Å². The lowest BCUT2D eigenvalue weighted by Gasteiger charge is -2.37. The SMILES string of the molecule is Cc1cc(-c2nn(C(c3ccccc3)(c3ccccc3)c3ccccc3)c3cc([N+](=O)[O-])c([N+](=O)[O-])cc23)ccn1.O=[N+]([O-])c1cc2c(Br)nn(C(c3ccccc3)(c3ccccc3)c3ccccc3)c2cc1[N+](=O)[O-]. The summed E-state index contributed by atoms with van der Waals surface area (Å²) in [7, 11) is 0. The van der Waals surface area contributed by atoms with E-state index in [1.807, 2.05) is 195 Å². The van der Waals surface area contributed by atoms with Gasteiger partial charge in [-0.1, -0.05) is 182 Å². The van der Waals surface area contributed by atoms with Crippen LogP contribution in [0.5, 0.6) is 0 Å². The van der Waals surface area contributed by atoms with E-state index in [1.54, 1.807) is 21.6 Å². The van der Waals surface area contributed by atoms with Gasteiger partial charge in [0.25, 0.3) is 0 Å². The molecule has 3 heterocycles. The van der Waals surface area contributed by atoms with Crippen molar-refractivity contribution >= 4 is 60.5 Å². The predicted molar refractivity (Wildman–Crippen MR) is 291 cm³/mol. The van der Waals surface area contributed by atoms with Crippen molar-refractivity contribution < 1.29 is 19.7 Å². The van der Waals surface area contributed by atoms with Crippen molar-refractivity contribution in [3.63, 3.8) is 0 Å². The number of nitro groups is 4. The lowest BCUT2D eigenvalue weighted by Crippen LogP contribution is -2.38. The van der Waals surface area contributed by atoms with Crippen molar-refractivity contribution in [3.8, 4) is 11.3 Å². The number of nitrogens with zero attached hydrogens (tertiary/aromatic N) is 9. The van der Waals surface area contributed by atoms with Crippen LogP contribution in [0.1, 0.15) is 39.1 Å². The average Bonchev–Trinajstić information content (AvgIpc) is 4.05. The number of aryl methyl sites for hydroxylation is 1. The Balaban J connectivity index is 0.000000175. The molecule has 17 nitrogen and oxygen atoms in total. The molecule has 0 aliphatic carbocycles. The van der Waals surface area contributed by atoms with E-state index in [4.69, 9.17) is 10.2 Å². The molecule has 0 spiro atoms. The summed E-state index contributed by atoms with van der Waals surface area (Å²) in [4.78, 5) is 48.9. The smallest absolute Gasteiger partial charge is 0.262 e. The van der Waals surface area contributed by atoms with Crippen LogP contribution in [-0.4, -0.2) is 44.2 Å². The van der Waals surface area contributed by atoms with Crippen LogP contribution < -0.4 is 0 Å². The number of hydrogen-bond donors (Lipinski definition) is 0. The lowest BCUT2D eigenvalue weighted by molar-refractivity contribution is -0.422. The molecule has 0 amide bonds. The molecular formula is C58H40BrN9O8. The van der Waals surface area contributed by atoms with Crippen molar-refractivity contribution in [2.24, 2.45) is 0 Å². The molecular weight excluding hydrogens is 1030 g/mol. The standard InChI is InChI=1S/C32H23N5O4.C26H17BrN4O4/c1-22-19-23(17-18-33-22)31-27-20-29(36(38)39)30(37(40)41)21-28(27)35(34-31)32(24-11-5-2-6-12-24,25-13-7-3-8-14-25)26-15-9-4-10-16-26;27-25-21-16-23(30(32)33)24(31(34)35)17-22(21)29(28-25)26(18-10-4-1-5-11-18,19-12-6-2-7-13-19)20-14-8-3-9-15-20/h2-21H,1H3;1-17H. The minimum absolute atomic E-state index is 0.345. The van der Waals surface area contributed by atoms with E-state index in [1.165, 1.54) is 24.3 Å². The molecule has 18 heteroatoms. The third kappa shape index (κ3) is 8.56. The zero-order valence-corrected chi connectivity index (χ0v) is 41.6. The van der Waals surface area contributed by atoms with Crippen LogP contribution in [0.2, 0.25) is 0 Å². The predicted octanol–water partition coefficient (Wildman–Crippen LogP) is 13.5. The summed E-state index contributed by atoms with van der Waals surface area (Å²) in [6.07, 6.45) is 1.65. The van der Waals surface area contributed by atoms with E-state index in [-0.39, 0.29) is 0 Å². The summed E-state index contributed by atoms with van der Waals surface area (Å²) in [5.41, 5.74) is 3.32. The number of aromatic nitrogens is 5. The van der Waals surface area contributed by atoms with E-state index in [0.29, 0.717) is 37.7 Å². The minimum atomic E-state index is -1.09. The Labute approximate surface area is 440 Å². The summed E-state index contributed by atoms with van der Waals surface area (Å²) in [6, 6.07) is 67.0. The van der Waals surface area contributed by atoms with Crippen LogP contribution in [0, 0.1) is 47.4 Å². The van der Waals surface area contributed by atoms with Gasteiger partial charge in [-0.05, 0) is 68.4 Å². The lowest BCUT2D eigenvalue weighted by atomic mass is 9.77. The summed E-state index contributed by atoms with van der Waals surface area (Å²) in [5.74, 6) is 0. The Morgan fingerprint density at radius 3 is 1.04 bits per heavy atom. The summed E-state index contributed by atoms with van der Waals surface area (Å²) in [6.45, 7) is 1.85.